The van der Waals surface area contributed by atoms with Gasteiger partial charge in [0.15, 0.2) is 0 Å². The molecule has 2 rings (SSSR count). The van der Waals surface area contributed by atoms with Crippen LogP contribution in [0.4, 0.5) is 5.69 Å². The van der Waals surface area contributed by atoms with Gasteiger partial charge in [-0.25, -0.2) is 0 Å². The molecular weight excluding hydrogens is 200 g/mol. The molecule has 1 N–H and O–H groups in total. The number of nitrogens with zero attached hydrogens (tertiary/aromatic N) is 1. The molecular formula is C13H18N2O. The maximum absolute atomic E-state index is 7.42. The Morgan fingerprint density at radius 3 is 2.50 bits per heavy atom. The quantitative estimate of drug-likeness (QED) is 0.773. The monoisotopic (exact) mass is 218 g/mol. The zero-order chi connectivity index (χ0) is 11.5. The van der Waals surface area contributed by atoms with Crippen LogP contribution in [0.5, 0.6) is 0 Å². The van der Waals surface area contributed by atoms with Gasteiger partial charge in [0.05, 0.1) is 12.2 Å². The van der Waals surface area contributed by atoms with Crippen molar-refractivity contribution < 1.29 is 4.74 Å². The summed E-state index contributed by atoms with van der Waals surface area (Å²) in [5.74, 6) is 0. The summed E-state index contributed by atoms with van der Waals surface area (Å²) in [6.07, 6.45) is 1.92. The van der Waals surface area contributed by atoms with Crippen molar-refractivity contribution in [2.75, 3.05) is 18.0 Å². The Morgan fingerprint density at radius 1 is 1.25 bits per heavy atom. The summed E-state index contributed by atoms with van der Waals surface area (Å²) in [4.78, 5) is 2.30. The van der Waals surface area contributed by atoms with E-state index >= 15 is 0 Å². The first-order valence-electron chi connectivity index (χ1n) is 5.70. The summed E-state index contributed by atoms with van der Waals surface area (Å²) in [7, 11) is 0. The molecule has 1 heterocycles. The molecule has 86 valence electrons. The first-order valence-corrected chi connectivity index (χ1v) is 5.70. The molecule has 3 heteroatoms. The van der Waals surface area contributed by atoms with E-state index in [2.05, 4.69) is 24.8 Å². The number of ether oxygens (including phenoxy) is 1. The van der Waals surface area contributed by atoms with Crippen LogP contribution in [0.2, 0.25) is 0 Å². The molecule has 16 heavy (non-hydrogen) atoms. The van der Waals surface area contributed by atoms with Crippen molar-refractivity contribution in [3.8, 4) is 0 Å². The van der Waals surface area contributed by atoms with Gasteiger partial charge in [-0.05, 0) is 19.9 Å². The number of rotatable bonds is 2. The Balaban J connectivity index is 2.25. The van der Waals surface area contributed by atoms with Crippen molar-refractivity contribution in [2.24, 2.45) is 0 Å². The van der Waals surface area contributed by atoms with E-state index in [-0.39, 0.29) is 12.2 Å². The largest absolute Gasteiger partial charge is 0.372 e. The highest BCUT2D eigenvalue weighted by Gasteiger charge is 2.23. The van der Waals surface area contributed by atoms with Crippen LogP contribution in [0, 0.1) is 5.41 Å². The van der Waals surface area contributed by atoms with Gasteiger partial charge in [-0.2, -0.15) is 0 Å². The van der Waals surface area contributed by atoms with Gasteiger partial charge in [0, 0.05) is 30.6 Å². The van der Waals surface area contributed by atoms with Crippen LogP contribution < -0.4 is 4.90 Å². The SMILES string of the molecule is C[C@@H]1CN(c2ccccc2C=N)C[C@H](C)O1. The molecule has 3 nitrogen and oxygen atoms in total. The summed E-state index contributed by atoms with van der Waals surface area (Å²) in [6, 6.07) is 8.04. The van der Waals surface area contributed by atoms with Gasteiger partial charge in [0.1, 0.15) is 0 Å². The molecule has 0 spiro atoms. The van der Waals surface area contributed by atoms with E-state index in [4.69, 9.17) is 10.1 Å². The predicted molar refractivity (Wildman–Crippen MR) is 66.5 cm³/mol. The molecule has 0 aromatic heterocycles. The van der Waals surface area contributed by atoms with Crippen molar-refractivity contribution >= 4 is 11.9 Å². The minimum absolute atomic E-state index is 0.252. The molecule has 1 fully saturated rings. The lowest BCUT2D eigenvalue weighted by molar-refractivity contribution is -0.00522. The summed E-state index contributed by atoms with van der Waals surface area (Å²) in [5.41, 5.74) is 2.11. The van der Waals surface area contributed by atoms with Gasteiger partial charge in [-0.15, -0.1) is 0 Å². The molecule has 1 aliphatic heterocycles. The summed E-state index contributed by atoms with van der Waals surface area (Å²) in [6.45, 7) is 5.98. The van der Waals surface area contributed by atoms with Crippen molar-refractivity contribution in [3.05, 3.63) is 29.8 Å². The Hall–Kier alpha value is -1.35. The van der Waals surface area contributed by atoms with Crippen LogP contribution in [0.15, 0.2) is 24.3 Å². The van der Waals surface area contributed by atoms with E-state index < -0.39 is 0 Å². The van der Waals surface area contributed by atoms with Gasteiger partial charge in [0.25, 0.3) is 0 Å². The number of morpholine rings is 1. The van der Waals surface area contributed by atoms with Gasteiger partial charge in [0.2, 0.25) is 0 Å². The number of hydrogen-bond acceptors (Lipinski definition) is 3. The zero-order valence-corrected chi connectivity index (χ0v) is 9.81. The van der Waals surface area contributed by atoms with Crippen LogP contribution in [-0.4, -0.2) is 31.5 Å². The second-order valence-corrected chi connectivity index (χ2v) is 4.37. The van der Waals surface area contributed by atoms with Crippen LogP contribution >= 0.6 is 0 Å². The smallest absolute Gasteiger partial charge is 0.0726 e. The highest BCUT2D eigenvalue weighted by atomic mass is 16.5. The molecule has 0 amide bonds. The second kappa shape index (κ2) is 4.66. The predicted octanol–water partition coefficient (Wildman–Crippen LogP) is 2.30. The average molecular weight is 218 g/mol. The van der Waals surface area contributed by atoms with E-state index in [1.165, 1.54) is 6.21 Å². The van der Waals surface area contributed by atoms with Crippen molar-refractivity contribution in [1.29, 1.82) is 5.41 Å². The zero-order valence-electron chi connectivity index (χ0n) is 9.81. The van der Waals surface area contributed by atoms with Crippen molar-refractivity contribution in [3.63, 3.8) is 0 Å². The highest BCUT2D eigenvalue weighted by molar-refractivity contribution is 5.86. The maximum atomic E-state index is 7.42. The van der Waals surface area contributed by atoms with Crippen molar-refractivity contribution in [2.45, 2.75) is 26.1 Å². The van der Waals surface area contributed by atoms with Gasteiger partial charge >= 0.3 is 0 Å². The third-order valence-corrected chi connectivity index (χ3v) is 2.85. The first kappa shape index (κ1) is 11.1. The Bertz CT molecular complexity index is 368. The normalized spacial score (nSPS) is 25.5. The minimum atomic E-state index is 0.252. The number of nitrogens with one attached hydrogen (secondary N) is 1. The van der Waals surface area contributed by atoms with Gasteiger partial charge < -0.3 is 15.0 Å². The van der Waals surface area contributed by atoms with E-state index in [1.54, 1.807) is 0 Å². The number of benzene rings is 1. The molecule has 0 saturated carbocycles. The molecule has 0 bridgehead atoms. The fourth-order valence-corrected chi connectivity index (χ4v) is 2.27. The van der Waals surface area contributed by atoms with Crippen LogP contribution in [0.25, 0.3) is 0 Å². The number of hydrogen-bond donors (Lipinski definition) is 1. The topological polar surface area (TPSA) is 36.3 Å². The lowest BCUT2D eigenvalue weighted by Crippen LogP contribution is -2.45. The second-order valence-electron chi connectivity index (χ2n) is 4.37. The van der Waals surface area contributed by atoms with Crippen molar-refractivity contribution in [1.82, 2.24) is 0 Å². The third-order valence-electron chi connectivity index (χ3n) is 2.85. The lowest BCUT2D eigenvalue weighted by Gasteiger charge is -2.37. The Kier molecular flexibility index (Phi) is 3.25. The van der Waals surface area contributed by atoms with E-state index in [0.717, 1.165) is 24.3 Å². The van der Waals surface area contributed by atoms with Crippen LogP contribution in [-0.2, 0) is 4.74 Å². The van der Waals surface area contributed by atoms with Gasteiger partial charge in [-0.1, -0.05) is 18.2 Å². The summed E-state index contributed by atoms with van der Waals surface area (Å²) in [5, 5.41) is 7.42. The summed E-state index contributed by atoms with van der Waals surface area (Å²) >= 11 is 0. The molecule has 1 saturated heterocycles. The Labute approximate surface area is 96.5 Å². The first-order chi connectivity index (χ1) is 7.70. The fourth-order valence-electron chi connectivity index (χ4n) is 2.27. The molecule has 1 aromatic rings. The standard InChI is InChI=1S/C13H18N2O/c1-10-8-15(9-11(2)16-10)13-6-4-3-5-12(13)7-14/h3-7,10-11,14H,8-9H2,1-2H3/t10-,11+. The van der Waals surface area contributed by atoms with Crippen LogP contribution in [0.1, 0.15) is 19.4 Å². The molecule has 1 aliphatic rings. The molecule has 2 atom stereocenters. The molecule has 1 aromatic carbocycles. The maximum Gasteiger partial charge on any atom is 0.0726 e. The minimum Gasteiger partial charge on any atom is -0.372 e. The average Bonchev–Trinajstić information content (AvgIpc) is 2.27. The lowest BCUT2D eigenvalue weighted by atomic mass is 10.1. The molecule has 0 unspecified atom stereocenters. The Morgan fingerprint density at radius 2 is 1.88 bits per heavy atom. The molecule has 0 aliphatic carbocycles. The highest BCUT2D eigenvalue weighted by Crippen LogP contribution is 2.23. The number of anilines is 1. The summed E-state index contributed by atoms with van der Waals surface area (Å²) < 4.78 is 5.71. The van der Waals surface area contributed by atoms with Crippen LogP contribution in [0.3, 0.4) is 0 Å². The van der Waals surface area contributed by atoms with Gasteiger partial charge in [-0.3, -0.25) is 0 Å². The van der Waals surface area contributed by atoms with E-state index in [9.17, 15) is 0 Å². The third kappa shape index (κ3) is 2.25. The fraction of sp³-hybridized carbons (Fsp3) is 0.462. The number of para-hydroxylation sites is 1. The molecule has 0 radical (unpaired) electrons. The van der Waals surface area contributed by atoms with E-state index in [1.807, 2.05) is 18.2 Å². The van der Waals surface area contributed by atoms with E-state index in [0.29, 0.717) is 0 Å².